The summed E-state index contributed by atoms with van der Waals surface area (Å²) < 4.78 is 29.5. The molecular formula is C15H21N5O2S. The van der Waals surface area contributed by atoms with Gasteiger partial charge in [-0.3, -0.25) is 0 Å². The van der Waals surface area contributed by atoms with Crippen molar-refractivity contribution < 1.29 is 8.42 Å². The Balaban J connectivity index is 1.71. The fraction of sp³-hybridized carbons (Fsp3) is 0.467. The van der Waals surface area contributed by atoms with Gasteiger partial charge in [0.15, 0.2) is 0 Å². The first-order valence-electron chi connectivity index (χ1n) is 7.57. The van der Waals surface area contributed by atoms with Gasteiger partial charge in [-0.25, -0.2) is 17.8 Å². The third kappa shape index (κ3) is 3.77. The maximum Gasteiger partial charge on any atom is 0.216 e. The van der Waals surface area contributed by atoms with Crippen LogP contribution in [-0.4, -0.2) is 42.5 Å². The van der Waals surface area contributed by atoms with Gasteiger partial charge in [-0.1, -0.05) is 23.4 Å². The molecule has 0 radical (unpaired) electrons. The lowest BCUT2D eigenvalue weighted by molar-refractivity contribution is 0.413. The molecule has 0 aliphatic carbocycles. The van der Waals surface area contributed by atoms with E-state index in [9.17, 15) is 8.42 Å². The summed E-state index contributed by atoms with van der Waals surface area (Å²) in [5.74, 6) is -0.0191. The van der Waals surface area contributed by atoms with Crippen LogP contribution in [-0.2, 0) is 15.8 Å². The molecule has 2 N–H and O–H groups in total. The number of nitrogens with zero attached hydrogens (tertiary/aromatic N) is 3. The predicted octanol–water partition coefficient (Wildman–Crippen LogP) is 0.527. The summed E-state index contributed by atoms with van der Waals surface area (Å²) in [5.41, 5.74) is 3.05. The molecule has 23 heavy (non-hydrogen) atoms. The van der Waals surface area contributed by atoms with Crippen molar-refractivity contribution in [2.75, 3.05) is 13.1 Å². The minimum absolute atomic E-state index is 0.0191. The Morgan fingerprint density at radius 3 is 2.83 bits per heavy atom. The molecule has 3 rings (SSSR count). The summed E-state index contributed by atoms with van der Waals surface area (Å²) in [6, 6.07) is 5.45. The Morgan fingerprint density at radius 1 is 1.30 bits per heavy atom. The van der Waals surface area contributed by atoms with Gasteiger partial charge in [-0.2, -0.15) is 0 Å². The molecule has 8 heteroatoms. The van der Waals surface area contributed by atoms with Crippen molar-refractivity contribution in [3.63, 3.8) is 0 Å². The molecule has 1 aliphatic heterocycles. The van der Waals surface area contributed by atoms with Gasteiger partial charge in [0, 0.05) is 19.3 Å². The molecular weight excluding hydrogens is 314 g/mol. The normalized spacial score (nSPS) is 21.7. The number of aryl methyl sites for hydroxylation is 2. The highest BCUT2D eigenvalue weighted by Gasteiger charge is 2.32. The molecule has 1 aliphatic rings. The predicted molar refractivity (Wildman–Crippen MR) is 87.4 cm³/mol. The second-order valence-corrected chi connectivity index (χ2v) is 7.76. The zero-order valence-corrected chi connectivity index (χ0v) is 14.0. The number of benzene rings is 1. The van der Waals surface area contributed by atoms with Crippen molar-refractivity contribution in [3.05, 3.63) is 47.3 Å². The van der Waals surface area contributed by atoms with Crippen LogP contribution in [0.25, 0.3) is 0 Å². The van der Waals surface area contributed by atoms with E-state index in [0.717, 1.165) is 16.7 Å². The van der Waals surface area contributed by atoms with Gasteiger partial charge in [0.25, 0.3) is 0 Å². The Morgan fingerprint density at radius 2 is 2.13 bits per heavy atom. The molecule has 0 amide bonds. The van der Waals surface area contributed by atoms with Crippen LogP contribution >= 0.6 is 0 Å². The highest BCUT2D eigenvalue weighted by atomic mass is 32.2. The van der Waals surface area contributed by atoms with Gasteiger partial charge in [0.1, 0.15) is 0 Å². The first kappa shape index (κ1) is 16.1. The molecule has 0 unspecified atom stereocenters. The van der Waals surface area contributed by atoms with Crippen LogP contribution in [0.15, 0.2) is 30.6 Å². The number of hydrogen-bond donors (Lipinski definition) is 2. The fourth-order valence-electron chi connectivity index (χ4n) is 2.84. The van der Waals surface area contributed by atoms with E-state index in [4.69, 9.17) is 0 Å². The van der Waals surface area contributed by atoms with Crippen LogP contribution in [0.3, 0.4) is 0 Å². The number of aromatic nitrogens is 3. The SMILES string of the molecule is Cc1ccc(CS(=O)(=O)N[C@@H]2CNC[C@@H]2n2ccnn2)cc1C. The Hall–Kier alpha value is -1.77. The number of sulfonamides is 1. The van der Waals surface area contributed by atoms with Gasteiger partial charge in [-0.15, -0.1) is 5.10 Å². The maximum atomic E-state index is 12.5. The minimum Gasteiger partial charge on any atom is -0.313 e. The molecule has 7 nitrogen and oxygen atoms in total. The lowest BCUT2D eigenvalue weighted by atomic mass is 10.1. The maximum absolute atomic E-state index is 12.5. The van der Waals surface area contributed by atoms with Gasteiger partial charge >= 0.3 is 0 Å². The van der Waals surface area contributed by atoms with Gasteiger partial charge < -0.3 is 5.32 Å². The van der Waals surface area contributed by atoms with E-state index in [0.29, 0.717) is 13.1 Å². The molecule has 2 atom stereocenters. The van der Waals surface area contributed by atoms with E-state index in [-0.39, 0.29) is 17.8 Å². The Labute approximate surface area is 136 Å². The third-order valence-corrected chi connectivity index (χ3v) is 5.60. The van der Waals surface area contributed by atoms with Crippen molar-refractivity contribution in [2.24, 2.45) is 0 Å². The molecule has 2 heterocycles. The fourth-order valence-corrected chi connectivity index (χ4v) is 4.25. The largest absolute Gasteiger partial charge is 0.313 e. The monoisotopic (exact) mass is 335 g/mol. The van der Waals surface area contributed by atoms with Crippen molar-refractivity contribution in [1.82, 2.24) is 25.0 Å². The average Bonchev–Trinajstić information content (AvgIpc) is 3.12. The van der Waals surface area contributed by atoms with Crippen LogP contribution < -0.4 is 10.0 Å². The molecule has 2 aromatic rings. The van der Waals surface area contributed by atoms with Gasteiger partial charge in [0.05, 0.1) is 24.0 Å². The van der Waals surface area contributed by atoms with Crippen molar-refractivity contribution in [2.45, 2.75) is 31.7 Å². The highest BCUT2D eigenvalue weighted by molar-refractivity contribution is 7.88. The summed E-state index contributed by atoms with van der Waals surface area (Å²) >= 11 is 0. The number of hydrogen-bond acceptors (Lipinski definition) is 5. The average molecular weight is 335 g/mol. The van der Waals surface area contributed by atoms with Gasteiger partial charge in [-0.05, 0) is 30.5 Å². The molecule has 1 fully saturated rings. The smallest absolute Gasteiger partial charge is 0.216 e. The molecule has 1 saturated heterocycles. The van der Waals surface area contributed by atoms with Gasteiger partial charge in [0.2, 0.25) is 10.0 Å². The molecule has 124 valence electrons. The van der Waals surface area contributed by atoms with E-state index < -0.39 is 10.0 Å². The Kier molecular flexibility index (Phi) is 4.47. The van der Waals surface area contributed by atoms with Crippen molar-refractivity contribution >= 4 is 10.0 Å². The number of rotatable bonds is 5. The van der Waals surface area contributed by atoms with E-state index in [2.05, 4.69) is 20.4 Å². The van der Waals surface area contributed by atoms with Crippen LogP contribution in [0.4, 0.5) is 0 Å². The summed E-state index contributed by atoms with van der Waals surface area (Å²) in [6.45, 7) is 5.25. The molecule has 1 aromatic carbocycles. The molecule has 1 aromatic heterocycles. The summed E-state index contributed by atoms with van der Waals surface area (Å²) in [5, 5.41) is 11.0. The van der Waals surface area contributed by atoms with E-state index in [1.807, 2.05) is 32.0 Å². The van der Waals surface area contributed by atoms with Crippen molar-refractivity contribution in [3.8, 4) is 0 Å². The zero-order valence-electron chi connectivity index (χ0n) is 13.2. The quantitative estimate of drug-likeness (QED) is 0.832. The lowest BCUT2D eigenvalue weighted by Gasteiger charge is -2.20. The van der Waals surface area contributed by atoms with E-state index >= 15 is 0 Å². The molecule has 0 spiro atoms. The second kappa shape index (κ2) is 6.38. The van der Waals surface area contributed by atoms with E-state index in [1.165, 1.54) is 0 Å². The van der Waals surface area contributed by atoms with Crippen LogP contribution in [0.1, 0.15) is 22.7 Å². The van der Waals surface area contributed by atoms with Crippen LogP contribution in [0.2, 0.25) is 0 Å². The zero-order chi connectivity index (χ0) is 16.4. The third-order valence-electron chi connectivity index (χ3n) is 4.22. The lowest BCUT2D eigenvalue weighted by Crippen LogP contribution is -2.41. The summed E-state index contributed by atoms with van der Waals surface area (Å²) in [4.78, 5) is 0. The minimum atomic E-state index is -3.42. The van der Waals surface area contributed by atoms with Crippen LogP contribution in [0.5, 0.6) is 0 Å². The highest BCUT2D eigenvalue weighted by Crippen LogP contribution is 2.17. The first-order valence-corrected chi connectivity index (χ1v) is 9.22. The topological polar surface area (TPSA) is 88.9 Å². The second-order valence-electron chi connectivity index (χ2n) is 6.01. The first-order chi connectivity index (χ1) is 10.9. The summed E-state index contributed by atoms with van der Waals surface area (Å²) in [6.07, 6.45) is 3.35. The molecule has 0 saturated carbocycles. The van der Waals surface area contributed by atoms with E-state index in [1.54, 1.807) is 17.1 Å². The summed E-state index contributed by atoms with van der Waals surface area (Å²) in [7, 11) is -3.42. The standard InChI is InChI=1S/C15H21N5O2S/c1-11-3-4-13(7-12(11)2)10-23(21,22)18-14-8-16-9-15(14)20-6-5-17-19-20/h3-7,14-16,18H,8-10H2,1-2H3/t14-,15+/m1/s1. The molecule has 0 bridgehead atoms. The van der Waals surface area contributed by atoms with Crippen molar-refractivity contribution in [1.29, 1.82) is 0 Å². The Bertz CT molecular complexity index is 773. The number of nitrogens with one attached hydrogen (secondary N) is 2. The van der Waals surface area contributed by atoms with Crippen LogP contribution in [0, 0.1) is 13.8 Å².